The van der Waals surface area contributed by atoms with Gasteiger partial charge in [-0.15, -0.1) is 0 Å². The van der Waals surface area contributed by atoms with Crippen LogP contribution in [0.1, 0.15) is 38.2 Å². The summed E-state index contributed by atoms with van der Waals surface area (Å²) in [5, 5.41) is 2.78. The molecule has 6 nitrogen and oxygen atoms in total. The molecule has 3 amide bonds. The fourth-order valence-corrected chi connectivity index (χ4v) is 3.59. The summed E-state index contributed by atoms with van der Waals surface area (Å²) in [6, 6.07) is 5.39. The van der Waals surface area contributed by atoms with E-state index in [2.05, 4.69) is 5.32 Å². The highest BCUT2D eigenvalue weighted by Crippen LogP contribution is 2.38. The smallest absolute Gasteiger partial charge is 0.326 e. The highest BCUT2D eigenvalue weighted by Gasteiger charge is 2.55. The molecule has 2 atom stereocenters. The molecule has 1 aliphatic heterocycles. The summed E-state index contributed by atoms with van der Waals surface area (Å²) in [6.45, 7) is 1.24. The summed E-state index contributed by atoms with van der Waals surface area (Å²) >= 11 is 0. The van der Waals surface area contributed by atoms with Crippen LogP contribution in [0.2, 0.25) is 0 Å². The first-order valence-corrected chi connectivity index (χ1v) is 8.47. The van der Waals surface area contributed by atoms with Gasteiger partial charge in [-0.05, 0) is 24.8 Å². The van der Waals surface area contributed by atoms with Crippen molar-refractivity contribution in [2.24, 2.45) is 5.92 Å². The number of nitrogens with zero attached hydrogens (tertiary/aromatic N) is 1. The van der Waals surface area contributed by atoms with Gasteiger partial charge in [-0.25, -0.2) is 9.18 Å². The van der Waals surface area contributed by atoms with Crippen molar-refractivity contribution in [1.29, 1.82) is 0 Å². The summed E-state index contributed by atoms with van der Waals surface area (Å²) in [5.41, 5.74) is -0.661. The predicted molar refractivity (Wildman–Crippen MR) is 86.8 cm³/mol. The number of rotatable bonds is 4. The molecule has 3 rings (SSSR count). The zero-order valence-corrected chi connectivity index (χ0v) is 14.1. The van der Waals surface area contributed by atoms with Crippen molar-refractivity contribution in [3.8, 4) is 0 Å². The van der Waals surface area contributed by atoms with Crippen LogP contribution in [-0.4, -0.2) is 34.9 Å². The fraction of sp³-hybridized carbons (Fsp3) is 0.500. The molecule has 0 aromatic heterocycles. The number of amides is 3. The number of urea groups is 1. The van der Waals surface area contributed by atoms with E-state index in [1.807, 2.05) is 6.92 Å². The first kappa shape index (κ1) is 17.4. The van der Waals surface area contributed by atoms with E-state index in [9.17, 15) is 18.8 Å². The zero-order valence-electron chi connectivity index (χ0n) is 14.1. The average molecular weight is 348 g/mol. The van der Waals surface area contributed by atoms with Crippen molar-refractivity contribution in [3.05, 3.63) is 35.6 Å². The number of nitrogens with one attached hydrogen (secondary N) is 1. The molecule has 25 heavy (non-hydrogen) atoms. The molecule has 1 N–H and O–H groups in total. The quantitative estimate of drug-likeness (QED) is 0.669. The SMILES string of the molecule is C[C@H]1CCCC[C@]12NC(=O)N(CC(=O)OCc1ccccc1F)C2=O. The van der Waals surface area contributed by atoms with Crippen LogP contribution in [0.5, 0.6) is 0 Å². The van der Waals surface area contributed by atoms with Crippen LogP contribution in [0.15, 0.2) is 24.3 Å². The Morgan fingerprint density at radius 3 is 2.84 bits per heavy atom. The number of hydrogen-bond acceptors (Lipinski definition) is 4. The molecule has 1 heterocycles. The standard InChI is InChI=1S/C18H21FN2O4/c1-12-6-4-5-9-18(12)16(23)21(17(24)20-18)10-15(22)25-11-13-7-2-3-8-14(13)19/h2-3,7-8,12H,4-6,9-11H2,1H3,(H,20,24)/t12-,18-/m0/s1. The molecule has 0 radical (unpaired) electrons. The first-order valence-electron chi connectivity index (χ1n) is 8.47. The Labute approximate surface area is 145 Å². The molecule has 134 valence electrons. The molecule has 1 aromatic rings. The summed E-state index contributed by atoms with van der Waals surface area (Å²) in [4.78, 5) is 37.9. The van der Waals surface area contributed by atoms with E-state index in [4.69, 9.17) is 4.74 Å². The van der Waals surface area contributed by atoms with Gasteiger partial charge in [-0.3, -0.25) is 14.5 Å². The van der Waals surface area contributed by atoms with Gasteiger partial charge in [0.05, 0.1) is 0 Å². The largest absolute Gasteiger partial charge is 0.459 e. The van der Waals surface area contributed by atoms with Crippen LogP contribution in [0.4, 0.5) is 9.18 Å². The van der Waals surface area contributed by atoms with E-state index in [0.29, 0.717) is 6.42 Å². The molecule has 7 heteroatoms. The van der Waals surface area contributed by atoms with E-state index in [0.717, 1.165) is 24.2 Å². The minimum absolute atomic E-state index is 0.0251. The monoisotopic (exact) mass is 348 g/mol. The van der Waals surface area contributed by atoms with Gasteiger partial charge >= 0.3 is 12.0 Å². The van der Waals surface area contributed by atoms with Crippen LogP contribution < -0.4 is 5.32 Å². The lowest BCUT2D eigenvalue weighted by atomic mass is 9.73. The Balaban J connectivity index is 1.62. The van der Waals surface area contributed by atoms with Crippen molar-refractivity contribution in [2.45, 2.75) is 44.8 Å². The molecule has 1 saturated carbocycles. The Morgan fingerprint density at radius 1 is 1.36 bits per heavy atom. The third-order valence-electron chi connectivity index (χ3n) is 5.14. The minimum Gasteiger partial charge on any atom is -0.459 e. The maximum atomic E-state index is 13.5. The average Bonchev–Trinajstić information content (AvgIpc) is 2.82. The summed E-state index contributed by atoms with van der Waals surface area (Å²) in [6.07, 6.45) is 3.33. The molecule has 2 aliphatic rings. The third kappa shape index (κ3) is 3.23. The molecular formula is C18H21FN2O4. The maximum Gasteiger partial charge on any atom is 0.326 e. The molecule has 2 fully saturated rings. The lowest BCUT2D eigenvalue weighted by Gasteiger charge is -2.36. The molecule has 1 aromatic carbocycles. The first-order chi connectivity index (χ1) is 11.9. The molecular weight excluding hydrogens is 327 g/mol. The Hall–Kier alpha value is -2.44. The van der Waals surface area contributed by atoms with Crippen LogP contribution >= 0.6 is 0 Å². The fourth-order valence-electron chi connectivity index (χ4n) is 3.59. The van der Waals surface area contributed by atoms with E-state index >= 15 is 0 Å². The number of benzene rings is 1. The number of esters is 1. The molecule has 0 unspecified atom stereocenters. The molecule has 1 aliphatic carbocycles. The molecule has 1 saturated heterocycles. The second-order valence-electron chi connectivity index (χ2n) is 6.69. The zero-order chi connectivity index (χ0) is 18.0. The van der Waals surface area contributed by atoms with E-state index in [1.54, 1.807) is 12.1 Å². The summed E-state index contributed by atoms with van der Waals surface area (Å²) < 4.78 is 18.5. The number of ether oxygens (including phenoxy) is 1. The van der Waals surface area contributed by atoms with Gasteiger partial charge in [-0.2, -0.15) is 0 Å². The van der Waals surface area contributed by atoms with Gasteiger partial charge in [-0.1, -0.05) is 38.0 Å². The molecule has 0 bridgehead atoms. The van der Waals surface area contributed by atoms with Crippen molar-refractivity contribution in [3.63, 3.8) is 0 Å². The number of hydrogen-bond donors (Lipinski definition) is 1. The van der Waals surface area contributed by atoms with Gasteiger partial charge in [0, 0.05) is 5.56 Å². The number of carbonyl (C=O) groups excluding carboxylic acids is 3. The normalized spacial score (nSPS) is 26.0. The van der Waals surface area contributed by atoms with Gasteiger partial charge in [0.1, 0.15) is 24.5 Å². The highest BCUT2D eigenvalue weighted by atomic mass is 19.1. The number of carbonyl (C=O) groups is 3. The van der Waals surface area contributed by atoms with Crippen LogP contribution in [0.3, 0.4) is 0 Å². The lowest BCUT2D eigenvalue weighted by molar-refractivity contribution is -0.149. The van der Waals surface area contributed by atoms with Gasteiger partial charge in [0.25, 0.3) is 5.91 Å². The van der Waals surface area contributed by atoms with Crippen molar-refractivity contribution < 1.29 is 23.5 Å². The number of imide groups is 1. The van der Waals surface area contributed by atoms with Crippen LogP contribution in [-0.2, 0) is 20.9 Å². The lowest BCUT2D eigenvalue weighted by Crippen LogP contribution is -2.54. The van der Waals surface area contributed by atoms with Crippen molar-refractivity contribution in [1.82, 2.24) is 10.2 Å². The molecule has 1 spiro atoms. The van der Waals surface area contributed by atoms with Gasteiger partial charge < -0.3 is 10.1 Å². The maximum absolute atomic E-state index is 13.5. The Morgan fingerprint density at radius 2 is 2.12 bits per heavy atom. The van der Waals surface area contributed by atoms with E-state index < -0.39 is 29.9 Å². The third-order valence-corrected chi connectivity index (χ3v) is 5.14. The Bertz CT molecular complexity index is 708. The van der Waals surface area contributed by atoms with Gasteiger partial charge in [0.15, 0.2) is 0 Å². The minimum atomic E-state index is -0.902. The predicted octanol–water partition coefficient (Wildman–Crippen LogP) is 2.37. The van der Waals surface area contributed by atoms with Crippen LogP contribution in [0.25, 0.3) is 0 Å². The summed E-state index contributed by atoms with van der Waals surface area (Å²) in [7, 11) is 0. The van der Waals surface area contributed by atoms with E-state index in [-0.39, 0.29) is 24.0 Å². The number of halogens is 1. The Kier molecular flexibility index (Phi) is 4.74. The van der Waals surface area contributed by atoms with E-state index in [1.165, 1.54) is 12.1 Å². The van der Waals surface area contributed by atoms with Crippen molar-refractivity contribution in [2.75, 3.05) is 6.54 Å². The second kappa shape index (κ2) is 6.82. The topological polar surface area (TPSA) is 75.7 Å². The second-order valence-corrected chi connectivity index (χ2v) is 6.69. The van der Waals surface area contributed by atoms with Crippen molar-refractivity contribution >= 4 is 17.9 Å². The summed E-state index contributed by atoms with van der Waals surface area (Å²) in [5.74, 6) is -1.56. The van der Waals surface area contributed by atoms with Crippen LogP contribution in [0, 0.1) is 11.7 Å². The van der Waals surface area contributed by atoms with Gasteiger partial charge in [0.2, 0.25) is 0 Å². The highest BCUT2D eigenvalue weighted by molar-refractivity contribution is 6.08.